The Balaban J connectivity index is 1.37. The van der Waals surface area contributed by atoms with E-state index in [0.29, 0.717) is 6.61 Å². The highest BCUT2D eigenvalue weighted by atomic mass is 32.1. The average molecular weight is 350 g/mol. The van der Waals surface area contributed by atoms with Crippen LogP contribution in [0.3, 0.4) is 0 Å². The van der Waals surface area contributed by atoms with E-state index in [-0.39, 0.29) is 17.6 Å². The van der Waals surface area contributed by atoms with E-state index in [1.807, 2.05) is 5.51 Å². The summed E-state index contributed by atoms with van der Waals surface area (Å²) >= 11 is 1.73. The van der Waals surface area contributed by atoms with Crippen LogP contribution in [0.2, 0.25) is 0 Å². The van der Waals surface area contributed by atoms with Crippen LogP contribution in [0.1, 0.15) is 23.4 Å². The lowest BCUT2D eigenvalue weighted by Gasteiger charge is -2.55. The normalized spacial score (nSPS) is 27.2. The number of likely N-dealkylation sites (N-methyl/N-ethyl adjacent to an activating group) is 1. The SMILES string of the molecule is CNC(=O)[C@@H]1COC2(CN(Cc3scnc3C)C2)CN1CC1CC1. The quantitative estimate of drug-likeness (QED) is 0.854. The third-order valence-electron chi connectivity index (χ3n) is 5.45. The zero-order valence-corrected chi connectivity index (χ0v) is 15.3. The van der Waals surface area contributed by atoms with Crippen molar-refractivity contribution < 1.29 is 9.53 Å². The number of hydrogen-bond donors (Lipinski definition) is 1. The minimum absolute atomic E-state index is 0.0852. The number of ether oxygens (including phenoxy) is 1. The lowest BCUT2D eigenvalue weighted by molar-refractivity contribution is -0.202. The predicted molar refractivity (Wildman–Crippen MR) is 93.0 cm³/mol. The summed E-state index contributed by atoms with van der Waals surface area (Å²) in [5.41, 5.74) is 2.97. The molecule has 1 aliphatic carbocycles. The van der Waals surface area contributed by atoms with Gasteiger partial charge in [0.1, 0.15) is 11.6 Å². The van der Waals surface area contributed by atoms with Crippen LogP contribution in [0.4, 0.5) is 0 Å². The molecule has 6 nitrogen and oxygen atoms in total. The zero-order valence-electron chi connectivity index (χ0n) is 14.5. The van der Waals surface area contributed by atoms with Gasteiger partial charge in [-0.1, -0.05) is 0 Å². The first-order chi connectivity index (χ1) is 11.6. The molecule has 0 radical (unpaired) electrons. The van der Waals surface area contributed by atoms with Crippen molar-refractivity contribution in [3.8, 4) is 0 Å². The van der Waals surface area contributed by atoms with Gasteiger partial charge < -0.3 is 10.1 Å². The topological polar surface area (TPSA) is 57.7 Å². The van der Waals surface area contributed by atoms with Crippen LogP contribution in [-0.2, 0) is 16.1 Å². The van der Waals surface area contributed by atoms with E-state index in [1.165, 1.54) is 17.7 Å². The number of aryl methyl sites for hydroxylation is 1. The van der Waals surface area contributed by atoms with Gasteiger partial charge in [-0.05, 0) is 25.7 Å². The maximum atomic E-state index is 12.2. The number of thiazole rings is 1. The molecule has 1 atom stereocenters. The minimum Gasteiger partial charge on any atom is -0.369 e. The zero-order chi connectivity index (χ0) is 16.7. The molecule has 3 heterocycles. The lowest BCUT2D eigenvalue weighted by Crippen LogP contribution is -2.72. The van der Waals surface area contributed by atoms with Crippen molar-refractivity contribution in [2.75, 3.05) is 39.8 Å². The largest absolute Gasteiger partial charge is 0.369 e. The van der Waals surface area contributed by atoms with Gasteiger partial charge in [0.25, 0.3) is 0 Å². The number of carbonyl (C=O) groups excluding carboxylic acids is 1. The molecule has 2 aliphatic heterocycles. The van der Waals surface area contributed by atoms with E-state index < -0.39 is 0 Å². The molecule has 1 spiro atoms. The van der Waals surface area contributed by atoms with Gasteiger partial charge in [0.2, 0.25) is 5.91 Å². The molecule has 132 valence electrons. The molecule has 3 fully saturated rings. The lowest BCUT2D eigenvalue weighted by atomic mass is 9.90. The fourth-order valence-electron chi connectivity index (χ4n) is 3.87. The van der Waals surface area contributed by atoms with Gasteiger partial charge in [-0.3, -0.25) is 14.6 Å². The Kier molecular flexibility index (Phi) is 4.36. The van der Waals surface area contributed by atoms with Gasteiger partial charge in [0.15, 0.2) is 0 Å². The first kappa shape index (κ1) is 16.4. The van der Waals surface area contributed by atoms with Crippen molar-refractivity contribution in [3.05, 3.63) is 16.1 Å². The molecule has 2 saturated heterocycles. The molecule has 1 aromatic rings. The van der Waals surface area contributed by atoms with Crippen LogP contribution < -0.4 is 5.32 Å². The number of morpholine rings is 1. The van der Waals surface area contributed by atoms with Crippen LogP contribution in [0.25, 0.3) is 0 Å². The molecular weight excluding hydrogens is 324 g/mol. The Morgan fingerprint density at radius 2 is 2.25 bits per heavy atom. The molecule has 7 heteroatoms. The first-order valence-corrected chi connectivity index (χ1v) is 9.67. The van der Waals surface area contributed by atoms with Gasteiger partial charge in [0.05, 0.1) is 17.8 Å². The summed E-state index contributed by atoms with van der Waals surface area (Å²) in [7, 11) is 1.71. The Morgan fingerprint density at radius 3 is 2.88 bits per heavy atom. The third kappa shape index (κ3) is 3.22. The number of rotatable bonds is 5. The molecule has 1 amide bonds. The van der Waals surface area contributed by atoms with Crippen molar-refractivity contribution in [3.63, 3.8) is 0 Å². The van der Waals surface area contributed by atoms with E-state index >= 15 is 0 Å². The fraction of sp³-hybridized carbons (Fsp3) is 0.765. The van der Waals surface area contributed by atoms with Crippen LogP contribution >= 0.6 is 11.3 Å². The Hall–Kier alpha value is -1.02. The van der Waals surface area contributed by atoms with E-state index in [0.717, 1.165) is 44.3 Å². The smallest absolute Gasteiger partial charge is 0.239 e. The second-order valence-corrected chi connectivity index (χ2v) is 8.44. The van der Waals surface area contributed by atoms with Gasteiger partial charge >= 0.3 is 0 Å². The van der Waals surface area contributed by atoms with Crippen LogP contribution in [0.5, 0.6) is 0 Å². The van der Waals surface area contributed by atoms with Gasteiger partial charge in [0, 0.05) is 44.6 Å². The van der Waals surface area contributed by atoms with E-state index in [4.69, 9.17) is 4.74 Å². The summed E-state index contributed by atoms with van der Waals surface area (Å²) in [6, 6.07) is -0.126. The van der Waals surface area contributed by atoms with Crippen molar-refractivity contribution in [2.45, 2.75) is 38.0 Å². The second-order valence-electron chi connectivity index (χ2n) is 7.50. The second kappa shape index (κ2) is 6.37. The Morgan fingerprint density at radius 1 is 1.46 bits per heavy atom. The summed E-state index contributed by atoms with van der Waals surface area (Å²) in [4.78, 5) is 22.6. The number of hydrogen-bond acceptors (Lipinski definition) is 6. The van der Waals surface area contributed by atoms with E-state index in [9.17, 15) is 4.79 Å². The molecule has 1 aromatic heterocycles. The molecule has 0 unspecified atom stereocenters. The minimum atomic E-state index is -0.126. The molecule has 1 N–H and O–H groups in total. The van der Waals surface area contributed by atoms with Gasteiger partial charge in [-0.15, -0.1) is 11.3 Å². The van der Waals surface area contributed by atoms with Crippen molar-refractivity contribution in [1.82, 2.24) is 20.1 Å². The van der Waals surface area contributed by atoms with E-state index in [2.05, 4.69) is 27.0 Å². The number of aromatic nitrogens is 1. The highest BCUT2D eigenvalue weighted by Gasteiger charge is 2.51. The number of amides is 1. The Labute approximate surface area is 147 Å². The molecule has 1 saturated carbocycles. The van der Waals surface area contributed by atoms with Crippen LogP contribution in [0.15, 0.2) is 5.51 Å². The number of likely N-dealkylation sites (tertiary alicyclic amines) is 1. The van der Waals surface area contributed by atoms with Crippen LogP contribution in [-0.4, -0.2) is 72.2 Å². The number of nitrogens with zero attached hydrogens (tertiary/aromatic N) is 3. The highest BCUT2D eigenvalue weighted by molar-refractivity contribution is 7.09. The average Bonchev–Trinajstić information content (AvgIpc) is 3.27. The van der Waals surface area contributed by atoms with Gasteiger partial charge in [-0.2, -0.15) is 0 Å². The third-order valence-corrected chi connectivity index (χ3v) is 6.37. The molecule has 0 aromatic carbocycles. The standard InChI is InChI=1S/C17H26N4O2S/c1-12-15(24-11-19-12)6-20-8-17(9-20)10-21(5-13-3-4-13)14(7-23-17)16(22)18-2/h11,13-14H,3-10H2,1-2H3,(H,18,22)/t14-/m0/s1. The van der Waals surface area contributed by atoms with Crippen molar-refractivity contribution >= 4 is 17.2 Å². The maximum absolute atomic E-state index is 12.2. The number of carbonyl (C=O) groups is 1. The summed E-state index contributed by atoms with van der Waals surface area (Å²) in [6.07, 6.45) is 2.61. The van der Waals surface area contributed by atoms with Crippen molar-refractivity contribution in [2.24, 2.45) is 5.92 Å². The Bertz CT molecular complexity index is 609. The summed E-state index contributed by atoms with van der Waals surface area (Å²) in [5.74, 6) is 0.866. The molecule has 24 heavy (non-hydrogen) atoms. The number of nitrogens with one attached hydrogen (secondary N) is 1. The molecule has 0 bridgehead atoms. The highest BCUT2D eigenvalue weighted by Crippen LogP contribution is 2.36. The maximum Gasteiger partial charge on any atom is 0.239 e. The predicted octanol–water partition coefficient (Wildman–Crippen LogP) is 0.863. The monoisotopic (exact) mass is 350 g/mol. The van der Waals surface area contributed by atoms with Crippen LogP contribution in [0, 0.1) is 12.8 Å². The van der Waals surface area contributed by atoms with Crippen molar-refractivity contribution in [1.29, 1.82) is 0 Å². The summed E-state index contributed by atoms with van der Waals surface area (Å²) in [6.45, 7) is 7.36. The molecule has 3 aliphatic rings. The summed E-state index contributed by atoms with van der Waals surface area (Å²) in [5, 5.41) is 2.79. The molecular formula is C17H26N4O2S. The first-order valence-electron chi connectivity index (χ1n) is 8.79. The summed E-state index contributed by atoms with van der Waals surface area (Å²) < 4.78 is 6.19. The fourth-order valence-corrected chi connectivity index (χ4v) is 4.69. The molecule has 4 rings (SSSR count). The van der Waals surface area contributed by atoms with Gasteiger partial charge in [-0.25, -0.2) is 4.98 Å². The van der Waals surface area contributed by atoms with E-state index in [1.54, 1.807) is 18.4 Å².